The number of amidine groups is 1. The molecule has 0 radical (unpaired) electrons. The number of rotatable bonds is 5. The van der Waals surface area contributed by atoms with E-state index < -0.39 is 0 Å². The van der Waals surface area contributed by atoms with Crippen LogP contribution in [0.2, 0.25) is 0 Å². The Balaban J connectivity index is 1.58. The van der Waals surface area contributed by atoms with Crippen molar-refractivity contribution in [3.05, 3.63) is 66.0 Å². The zero-order valence-electron chi connectivity index (χ0n) is 12.8. The molecule has 0 spiro atoms. The molecule has 1 aliphatic rings. The van der Waals surface area contributed by atoms with Crippen molar-refractivity contribution < 1.29 is 4.39 Å². The Hall–Kier alpha value is -2.69. The number of halogens is 1. The van der Waals surface area contributed by atoms with Crippen molar-refractivity contribution in [2.45, 2.75) is 0 Å². The molecule has 0 unspecified atom stereocenters. The van der Waals surface area contributed by atoms with E-state index in [1.54, 1.807) is 6.07 Å². The summed E-state index contributed by atoms with van der Waals surface area (Å²) in [5.74, 6) is 0.470. The molecule has 0 fully saturated rings. The van der Waals surface area contributed by atoms with E-state index in [1.165, 1.54) is 12.1 Å². The number of nitrogens with one attached hydrogen (secondary N) is 2. The number of hydrogen-bond donors (Lipinski definition) is 2. The minimum Gasteiger partial charge on any atom is -0.383 e. The van der Waals surface area contributed by atoms with Crippen LogP contribution in [0.4, 0.5) is 10.1 Å². The van der Waals surface area contributed by atoms with Gasteiger partial charge in [0, 0.05) is 24.3 Å². The van der Waals surface area contributed by atoms with Gasteiger partial charge in [0.15, 0.2) is 0 Å². The van der Waals surface area contributed by atoms with Gasteiger partial charge in [-0.3, -0.25) is 9.98 Å². The number of benzene rings is 2. The number of nitrogens with zero attached hydrogens (tertiary/aromatic N) is 2. The van der Waals surface area contributed by atoms with Gasteiger partial charge in [0.05, 0.1) is 13.1 Å². The van der Waals surface area contributed by atoms with Crippen LogP contribution in [0.25, 0.3) is 0 Å². The number of anilines is 1. The van der Waals surface area contributed by atoms with Gasteiger partial charge in [0.25, 0.3) is 0 Å². The standard InChI is InChI=1S/C18H19FN4/c19-15-6-4-5-14(13-15)17-18(23-12-10-21-17)22-11-9-20-16-7-2-1-3-8-16/h1-8,13,20H,9-12H2,(H,22,23). The normalized spacial score (nSPS) is 14.0. The summed E-state index contributed by atoms with van der Waals surface area (Å²) in [7, 11) is 0. The fraction of sp³-hybridized carbons (Fsp3) is 0.222. The van der Waals surface area contributed by atoms with E-state index in [0.717, 1.165) is 29.3 Å². The second kappa shape index (κ2) is 7.54. The van der Waals surface area contributed by atoms with Gasteiger partial charge in [-0.15, -0.1) is 0 Å². The van der Waals surface area contributed by atoms with Crippen molar-refractivity contribution in [2.75, 3.05) is 31.5 Å². The van der Waals surface area contributed by atoms with Gasteiger partial charge in [-0.05, 0) is 24.3 Å². The summed E-state index contributed by atoms with van der Waals surface area (Å²) in [6, 6.07) is 16.5. The first kappa shape index (κ1) is 15.2. The smallest absolute Gasteiger partial charge is 0.147 e. The SMILES string of the molecule is Fc1cccc(C2=NCCN=C2NCCNc2ccccc2)c1. The lowest BCUT2D eigenvalue weighted by atomic mass is 10.1. The Morgan fingerprint density at radius 3 is 2.48 bits per heavy atom. The van der Waals surface area contributed by atoms with Crippen LogP contribution < -0.4 is 10.6 Å². The van der Waals surface area contributed by atoms with Crippen molar-refractivity contribution in [1.82, 2.24) is 5.32 Å². The maximum atomic E-state index is 13.4. The number of para-hydroxylation sites is 1. The molecule has 0 aliphatic carbocycles. The molecule has 2 aromatic rings. The predicted octanol–water partition coefficient (Wildman–Crippen LogP) is 2.73. The Morgan fingerprint density at radius 1 is 0.870 bits per heavy atom. The van der Waals surface area contributed by atoms with E-state index in [-0.39, 0.29) is 5.82 Å². The Morgan fingerprint density at radius 2 is 1.65 bits per heavy atom. The molecule has 0 amide bonds. The van der Waals surface area contributed by atoms with Crippen molar-refractivity contribution in [2.24, 2.45) is 9.98 Å². The molecule has 0 saturated carbocycles. The average molecular weight is 310 g/mol. The fourth-order valence-electron chi connectivity index (χ4n) is 2.42. The molecule has 2 aromatic carbocycles. The summed E-state index contributed by atoms with van der Waals surface area (Å²) in [6.45, 7) is 2.77. The molecular weight excluding hydrogens is 291 g/mol. The van der Waals surface area contributed by atoms with E-state index in [4.69, 9.17) is 0 Å². The third-order valence-corrected chi connectivity index (χ3v) is 3.48. The first-order valence-corrected chi connectivity index (χ1v) is 7.71. The minimum atomic E-state index is -0.263. The summed E-state index contributed by atoms with van der Waals surface area (Å²) < 4.78 is 13.4. The maximum Gasteiger partial charge on any atom is 0.147 e. The highest BCUT2D eigenvalue weighted by molar-refractivity contribution is 6.47. The highest BCUT2D eigenvalue weighted by Crippen LogP contribution is 2.08. The largest absolute Gasteiger partial charge is 0.383 e. The molecule has 2 N–H and O–H groups in total. The van der Waals surface area contributed by atoms with Crippen LogP contribution in [0, 0.1) is 5.82 Å². The van der Waals surface area contributed by atoms with E-state index in [9.17, 15) is 4.39 Å². The number of aliphatic imine (C=N–C) groups is 2. The molecule has 0 atom stereocenters. The van der Waals surface area contributed by atoms with Gasteiger partial charge in [0.2, 0.25) is 0 Å². The minimum absolute atomic E-state index is 0.263. The molecule has 3 rings (SSSR count). The van der Waals surface area contributed by atoms with Crippen LogP contribution in [0.5, 0.6) is 0 Å². The Labute approximate surface area is 135 Å². The summed E-state index contributed by atoms with van der Waals surface area (Å²) in [5, 5.41) is 6.62. The highest BCUT2D eigenvalue weighted by Gasteiger charge is 2.14. The summed E-state index contributed by atoms with van der Waals surface area (Å²) in [6.07, 6.45) is 0. The molecule has 1 heterocycles. The third-order valence-electron chi connectivity index (χ3n) is 3.48. The zero-order chi connectivity index (χ0) is 15.9. The Kier molecular flexibility index (Phi) is 4.99. The fourth-order valence-corrected chi connectivity index (χ4v) is 2.42. The summed E-state index contributed by atoms with van der Waals surface area (Å²) in [5.41, 5.74) is 2.57. The number of hydrogen-bond acceptors (Lipinski definition) is 4. The summed E-state index contributed by atoms with van der Waals surface area (Å²) >= 11 is 0. The van der Waals surface area contributed by atoms with E-state index in [1.807, 2.05) is 36.4 Å². The lowest BCUT2D eigenvalue weighted by Gasteiger charge is -2.17. The van der Waals surface area contributed by atoms with Crippen LogP contribution in [0.3, 0.4) is 0 Å². The zero-order valence-corrected chi connectivity index (χ0v) is 12.8. The van der Waals surface area contributed by atoms with Crippen molar-refractivity contribution in [3.8, 4) is 0 Å². The van der Waals surface area contributed by atoms with Crippen molar-refractivity contribution in [1.29, 1.82) is 0 Å². The van der Waals surface area contributed by atoms with Crippen LogP contribution in [-0.2, 0) is 0 Å². The molecule has 0 saturated heterocycles. The lowest BCUT2D eigenvalue weighted by Crippen LogP contribution is -2.37. The van der Waals surface area contributed by atoms with Crippen LogP contribution in [0.15, 0.2) is 64.6 Å². The van der Waals surface area contributed by atoms with Gasteiger partial charge in [0.1, 0.15) is 17.4 Å². The second-order valence-corrected chi connectivity index (χ2v) is 5.19. The predicted molar refractivity (Wildman–Crippen MR) is 93.0 cm³/mol. The lowest BCUT2D eigenvalue weighted by molar-refractivity contribution is 0.627. The van der Waals surface area contributed by atoms with Crippen LogP contribution >= 0.6 is 0 Å². The van der Waals surface area contributed by atoms with Crippen LogP contribution in [0.1, 0.15) is 5.56 Å². The van der Waals surface area contributed by atoms with Gasteiger partial charge in [-0.25, -0.2) is 4.39 Å². The third kappa shape index (κ3) is 4.16. The summed E-state index contributed by atoms with van der Waals surface area (Å²) in [4.78, 5) is 8.98. The topological polar surface area (TPSA) is 48.8 Å². The molecule has 118 valence electrons. The van der Waals surface area contributed by atoms with E-state index in [2.05, 4.69) is 20.6 Å². The Bertz CT molecular complexity index is 710. The molecule has 0 bridgehead atoms. The first-order valence-electron chi connectivity index (χ1n) is 7.71. The highest BCUT2D eigenvalue weighted by atomic mass is 19.1. The van der Waals surface area contributed by atoms with Crippen LogP contribution in [-0.4, -0.2) is 37.7 Å². The maximum absolute atomic E-state index is 13.4. The quantitative estimate of drug-likeness (QED) is 0.834. The monoisotopic (exact) mass is 310 g/mol. The molecule has 0 aromatic heterocycles. The molecule has 5 heteroatoms. The second-order valence-electron chi connectivity index (χ2n) is 5.19. The van der Waals surface area contributed by atoms with E-state index in [0.29, 0.717) is 19.6 Å². The molecule has 23 heavy (non-hydrogen) atoms. The molecule has 1 aliphatic heterocycles. The first-order chi connectivity index (χ1) is 11.3. The van der Waals surface area contributed by atoms with Crippen molar-refractivity contribution >= 4 is 17.2 Å². The van der Waals surface area contributed by atoms with E-state index >= 15 is 0 Å². The molecular formula is C18H19FN4. The van der Waals surface area contributed by atoms with Crippen molar-refractivity contribution in [3.63, 3.8) is 0 Å². The molecule has 4 nitrogen and oxygen atoms in total. The van der Waals surface area contributed by atoms with Gasteiger partial charge < -0.3 is 10.6 Å². The van der Waals surface area contributed by atoms with Gasteiger partial charge in [-0.2, -0.15) is 0 Å². The van der Waals surface area contributed by atoms with Gasteiger partial charge in [-0.1, -0.05) is 30.3 Å². The average Bonchev–Trinajstić information content (AvgIpc) is 2.60. The van der Waals surface area contributed by atoms with Gasteiger partial charge >= 0.3 is 0 Å².